The molecule has 0 spiro atoms. The second-order valence-electron chi connectivity index (χ2n) is 5.82. The van der Waals surface area contributed by atoms with Crippen molar-refractivity contribution in [2.75, 3.05) is 20.2 Å². The van der Waals surface area contributed by atoms with E-state index in [0.717, 1.165) is 19.5 Å². The maximum absolute atomic E-state index is 11.8. The molecule has 2 aliphatic rings. The highest BCUT2D eigenvalue weighted by molar-refractivity contribution is 5.68. The molecule has 1 aliphatic carbocycles. The average Bonchev–Trinajstić information content (AvgIpc) is 2.43. The fraction of sp³-hybridized carbons (Fsp3) is 0.917. The van der Waals surface area contributed by atoms with Crippen LogP contribution in [0.3, 0.4) is 0 Å². The fourth-order valence-electron chi connectivity index (χ4n) is 2.59. The maximum atomic E-state index is 11.8. The van der Waals surface area contributed by atoms with Crippen LogP contribution in [-0.2, 0) is 9.47 Å². The Kier molecular flexibility index (Phi) is 2.86. The Morgan fingerprint density at radius 1 is 1.31 bits per heavy atom. The first kappa shape index (κ1) is 11.7. The summed E-state index contributed by atoms with van der Waals surface area (Å²) in [5.74, 6) is 1.15. The van der Waals surface area contributed by atoms with E-state index in [9.17, 15) is 4.79 Å². The summed E-state index contributed by atoms with van der Waals surface area (Å²) < 4.78 is 10.7. The second kappa shape index (κ2) is 3.91. The Bertz CT molecular complexity index is 284. The molecule has 4 heteroatoms. The highest BCUT2D eigenvalue weighted by atomic mass is 16.6. The first-order valence-corrected chi connectivity index (χ1v) is 5.91. The third-order valence-electron chi connectivity index (χ3n) is 3.46. The molecule has 0 radical (unpaired) electrons. The van der Waals surface area contributed by atoms with Gasteiger partial charge in [0.15, 0.2) is 0 Å². The number of methoxy groups -OCH3 is 1. The summed E-state index contributed by atoms with van der Waals surface area (Å²) in [6.07, 6.45) is 1.25. The monoisotopic (exact) mass is 227 g/mol. The summed E-state index contributed by atoms with van der Waals surface area (Å²) >= 11 is 0. The predicted molar refractivity (Wildman–Crippen MR) is 60.2 cm³/mol. The standard InChI is InChI=1S/C12H21NO3/c1-12(2,3)16-11(14)13-6-8-5-10(15-4)9(8)7-13/h8-10H,5-7H2,1-4H3. The van der Waals surface area contributed by atoms with E-state index in [1.165, 1.54) is 0 Å². The van der Waals surface area contributed by atoms with Crippen LogP contribution in [0.5, 0.6) is 0 Å². The van der Waals surface area contributed by atoms with Gasteiger partial charge >= 0.3 is 6.09 Å². The Balaban J connectivity index is 1.87. The Labute approximate surface area is 96.9 Å². The van der Waals surface area contributed by atoms with Gasteiger partial charge in [0.2, 0.25) is 0 Å². The van der Waals surface area contributed by atoms with Gasteiger partial charge < -0.3 is 14.4 Å². The minimum atomic E-state index is -0.403. The van der Waals surface area contributed by atoms with Gasteiger partial charge in [0.25, 0.3) is 0 Å². The number of likely N-dealkylation sites (tertiary alicyclic amines) is 1. The second-order valence-corrected chi connectivity index (χ2v) is 5.82. The van der Waals surface area contributed by atoms with Crippen LogP contribution in [0.15, 0.2) is 0 Å². The lowest BCUT2D eigenvalue weighted by Crippen LogP contribution is -2.41. The zero-order valence-corrected chi connectivity index (χ0v) is 10.5. The Morgan fingerprint density at radius 2 is 2.00 bits per heavy atom. The molecule has 1 aliphatic heterocycles. The molecule has 1 heterocycles. The van der Waals surface area contributed by atoms with Crippen LogP contribution in [0, 0.1) is 11.8 Å². The molecular formula is C12H21NO3. The predicted octanol–water partition coefficient (Wildman–Crippen LogP) is 1.89. The maximum Gasteiger partial charge on any atom is 0.410 e. The molecule has 0 aromatic heterocycles. The molecule has 3 atom stereocenters. The van der Waals surface area contributed by atoms with E-state index in [1.54, 1.807) is 7.11 Å². The van der Waals surface area contributed by atoms with Gasteiger partial charge in [-0.25, -0.2) is 4.79 Å². The van der Waals surface area contributed by atoms with E-state index in [1.807, 2.05) is 25.7 Å². The van der Waals surface area contributed by atoms with Gasteiger partial charge in [-0.3, -0.25) is 0 Å². The van der Waals surface area contributed by atoms with E-state index in [-0.39, 0.29) is 6.09 Å². The number of ether oxygens (including phenoxy) is 2. The SMILES string of the molecule is COC1CC2CN(C(=O)OC(C)(C)C)CC21. The van der Waals surface area contributed by atoms with Crippen LogP contribution in [0.1, 0.15) is 27.2 Å². The summed E-state index contributed by atoms with van der Waals surface area (Å²) in [5, 5.41) is 0. The third kappa shape index (κ3) is 2.17. The van der Waals surface area contributed by atoms with Crippen molar-refractivity contribution in [3.05, 3.63) is 0 Å². The van der Waals surface area contributed by atoms with Gasteiger partial charge in [0.1, 0.15) is 5.60 Å². The van der Waals surface area contributed by atoms with Gasteiger partial charge in [-0.1, -0.05) is 0 Å². The fourth-order valence-corrected chi connectivity index (χ4v) is 2.59. The van der Waals surface area contributed by atoms with Gasteiger partial charge in [0.05, 0.1) is 6.10 Å². The third-order valence-corrected chi connectivity index (χ3v) is 3.46. The minimum Gasteiger partial charge on any atom is -0.444 e. The van der Waals surface area contributed by atoms with Gasteiger partial charge in [0, 0.05) is 26.1 Å². The molecule has 2 rings (SSSR count). The lowest BCUT2D eigenvalue weighted by Gasteiger charge is -2.37. The van der Waals surface area contributed by atoms with Gasteiger partial charge in [-0.05, 0) is 33.1 Å². The van der Waals surface area contributed by atoms with Crippen molar-refractivity contribution in [2.45, 2.75) is 38.9 Å². The first-order valence-electron chi connectivity index (χ1n) is 5.91. The number of carbonyl (C=O) groups excluding carboxylic acids is 1. The number of amides is 1. The number of carbonyl (C=O) groups is 1. The van der Waals surface area contributed by atoms with Crippen molar-refractivity contribution >= 4 is 6.09 Å². The number of fused-ring (bicyclic) bond motifs is 1. The van der Waals surface area contributed by atoms with Crippen LogP contribution in [-0.4, -0.2) is 42.9 Å². The molecule has 1 saturated heterocycles. The summed E-state index contributed by atoms with van der Waals surface area (Å²) in [6, 6.07) is 0. The van der Waals surface area contributed by atoms with Crippen LogP contribution >= 0.6 is 0 Å². The van der Waals surface area contributed by atoms with E-state index >= 15 is 0 Å². The molecular weight excluding hydrogens is 206 g/mol. The number of hydrogen-bond donors (Lipinski definition) is 0. The van der Waals surface area contributed by atoms with Crippen LogP contribution in [0.4, 0.5) is 4.79 Å². The number of nitrogens with zero attached hydrogens (tertiary/aromatic N) is 1. The molecule has 3 unspecified atom stereocenters. The lowest BCUT2D eigenvalue weighted by atomic mass is 9.73. The van der Waals surface area contributed by atoms with Crippen molar-refractivity contribution in [1.82, 2.24) is 4.90 Å². The molecule has 4 nitrogen and oxygen atoms in total. The highest BCUT2D eigenvalue weighted by Crippen LogP contribution is 2.42. The van der Waals surface area contributed by atoms with Crippen LogP contribution in [0.2, 0.25) is 0 Å². The molecule has 0 aromatic carbocycles. The number of hydrogen-bond acceptors (Lipinski definition) is 3. The van der Waals surface area contributed by atoms with Gasteiger partial charge in [-0.15, -0.1) is 0 Å². The topological polar surface area (TPSA) is 38.8 Å². The van der Waals surface area contributed by atoms with Crippen LogP contribution < -0.4 is 0 Å². The van der Waals surface area contributed by atoms with Crippen molar-refractivity contribution in [3.63, 3.8) is 0 Å². The zero-order chi connectivity index (χ0) is 11.9. The first-order chi connectivity index (χ1) is 7.40. The minimum absolute atomic E-state index is 0.184. The van der Waals surface area contributed by atoms with Crippen LogP contribution in [0.25, 0.3) is 0 Å². The number of rotatable bonds is 1. The van der Waals surface area contributed by atoms with Crippen molar-refractivity contribution < 1.29 is 14.3 Å². The summed E-state index contributed by atoms with van der Waals surface area (Å²) in [5.41, 5.74) is -0.403. The van der Waals surface area contributed by atoms with Crippen molar-refractivity contribution in [1.29, 1.82) is 0 Å². The smallest absolute Gasteiger partial charge is 0.410 e. The normalized spacial score (nSPS) is 33.2. The Hall–Kier alpha value is -0.770. The van der Waals surface area contributed by atoms with E-state index in [0.29, 0.717) is 17.9 Å². The largest absolute Gasteiger partial charge is 0.444 e. The summed E-state index contributed by atoms with van der Waals surface area (Å²) in [6.45, 7) is 7.31. The summed E-state index contributed by atoms with van der Waals surface area (Å²) in [7, 11) is 1.75. The average molecular weight is 227 g/mol. The summed E-state index contributed by atoms with van der Waals surface area (Å²) in [4.78, 5) is 13.7. The Morgan fingerprint density at radius 3 is 2.56 bits per heavy atom. The molecule has 1 amide bonds. The molecule has 0 N–H and O–H groups in total. The van der Waals surface area contributed by atoms with Crippen molar-refractivity contribution in [3.8, 4) is 0 Å². The molecule has 0 aromatic rings. The van der Waals surface area contributed by atoms with E-state index in [4.69, 9.17) is 9.47 Å². The van der Waals surface area contributed by atoms with Gasteiger partial charge in [-0.2, -0.15) is 0 Å². The van der Waals surface area contributed by atoms with E-state index in [2.05, 4.69) is 0 Å². The highest BCUT2D eigenvalue weighted by Gasteiger charge is 2.49. The zero-order valence-electron chi connectivity index (χ0n) is 10.5. The quantitative estimate of drug-likeness (QED) is 0.686. The molecule has 92 valence electrons. The molecule has 1 saturated carbocycles. The van der Waals surface area contributed by atoms with Crippen molar-refractivity contribution in [2.24, 2.45) is 11.8 Å². The molecule has 0 bridgehead atoms. The molecule has 2 fully saturated rings. The lowest BCUT2D eigenvalue weighted by molar-refractivity contribution is -0.0393. The van der Waals surface area contributed by atoms with E-state index < -0.39 is 5.60 Å². The molecule has 16 heavy (non-hydrogen) atoms.